The molecule has 0 aliphatic rings. The number of aromatic nitrogens is 2. The maximum absolute atomic E-state index is 5.22. The number of methoxy groups -OCH3 is 1. The topological polar surface area (TPSA) is 27.1 Å². The lowest BCUT2D eigenvalue weighted by atomic mass is 10.2. The standard InChI is InChI=1S/C25H22N2O/c1-28-22-16-13-21(14-17-22)15-18-25-26-23-11-5-6-12-24(23)27(25)19-7-10-20-8-3-2-4-9-20/h2-18H,19H2,1H3/b10-7+,18-15+. The van der Waals surface area contributed by atoms with Crippen LogP contribution < -0.4 is 4.74 Å². The van der Waals surface area contributed by atoms with Crippen molar-refractivity contribution < 1.29 is 4.74 Å². The van der Waals surface area contributed by atoms with Gasteiger partial charge in [0.05, 0.1) is 18.1 Å². The van der Waals surface area contributed by atoms with E-state index in [-0.39, 0.29) is 0 Å². The summed E-state index contributed by atoms with van der Waals surface area (Å²) in [6.07, 6.45) is 8.47. The van der Waals surface area contributed by atoms with Crippen LogP contribution in [0.25, 0.3) is 29.3 Å². The fraction of sp³-hybridized carbons (Fsp3) is 0.0800. The largest absolute Gasteiger partial charge is 0.497 e. The number of hydrogen-bond acceptors (Lipinski definition) is 2. The third-order valence-electron chi connectivity index (χ3n) is 4.62. The number of benzene rings is 3. The van der Waals surface area contributed by atoms with E-state index in [1.54, 1.807) is 7.11 Å². The second-order valence-corrected chi connectivity index (χ2v) is 6.49. The highest BCUT2D eigenvalue weighted by molar-refractivity contribution is 5.80. The minimum atomic E-state index is 0.762. The first-order chi connectivity index (χ1) is 13.8. The molecule has 28 heavy (non-hydrogen) atoms. The molecule has 0 spiro atoms. The molecule has 0 aliphatic carbocycles. The molecule has 3 nitrogen and oxygen atoms in total. The molecule has 0 saturated heterocycles. The lowest BCUT2D eigenvalue weighted by molar-refractivity contribution is 0.415. The van der Waals surface area contributed by atoms with Gasteiger partial charge in [0.1, 0.15) is 11.6 Å². The van der Waals surface area contributed by atoms with Gasteiger partial charge in [-0.3, -0.25) is 0 Å². The molecule has 4 aromatic rings. The summed E-state index contributed by atoms with van der Waals surface area (Å²) in [7, 11) is 1.68. The van der Waals surface area contributed by atoms with Crippen LogP contribution in [0.15, 0.2) is 84.9 Å². The third-order valence-corrected chi connectivity index (χ3v) is 4.62. The zero-order chi connectivity index (χ0) is 19.2. The molecule has 0 amide bonds. The van der Waals surface area contributed by atoms with E-state index in [0.717, 1.165) is 34.7 Å². The molecule has 0 N–H and O–H groups in total. The first kappa shape index (κ1) is 17.8. The van der Waals surface area contributed by atoms with Gasteiger partial charge in [0.25, 0.3) is 0 Å². The minimum Gasteiger partial charge on any atom is -0.497 e. The van der Waals surface area contributed by atoms with Gasteiger partial charge in [-0.15, -0.1) is 0 Å². The van der Waals surface area contributed by atoms with E-state index in [1.807, 2.05) is 36.4 Å². The maximum Gasteiger partial charge on any atom is 0.134 e. The molecule has 138 valence electrons. The monoisotopic (exact) mass is 366 g/mol. The first-order valence-corrected chi connectivity index (χ1v) is 9.32. The Labute approximate surface area is 165 Å². The van der Waals surface area contributed by atoms with Crippen LogP contribution in [0.1, 0.15) is 17.0 Å². The van der Waals surface area contributed by atoms with Gasteiger partial charge >= 0.3 is 0 Å². The van der Waals surface area contributed by atoms with Crippen LogP contribution in [0.2, 0.25) is 0 Å². The summed E-state index contributed by atoms with van der Waals surface area (Å²) >= 11 is 0. The van der Waals surface area contributed by atoms with Gasteiger partial charge in [0, 0.05) is 6.54 Å². The highest BCUT2D eigenvalue weighted by Crippen LogP contribution is 2.19. The SMILES string of the molecule is COc1ccc(/C=C/c2nc3ccccc3n2C/C=C/c2ccccc2)cc1. The Morgan fingerprint density at radius 2 is 1.50 bits per heavy atom. The Morgan fingerprint density at radius 3 is 2.29 bits per heavy atom. The lowest BCUT2D eigenvalue weighted by Gasteiger charge is -2.04. The van der Waals surface area contributed by atoms with E-state index in [9.17, 15) is 0 Å². The highest BCUT2D eigenvalue weighted by atomic mass is 16.5. The summed E-state index contributed by atoms with van der Waals surface area (Å²) in [5.41, 5.74) is 4.45. The van der Waals surface area contributed by atoms with Crippen molar-refractivity contribution >= 4 is 29.3 Å². The molecule has 0 fully saturated rings. The molecule has 0 saturated carbocycles. The van der Waals surface area contributed by atoms with Crippen molar-refractivity contribution in [1.29, 1.82) is 0 Å². The number of rotatable bonds is 6. The Balaban J connectivity index is 1.62. The van der Waals surface area contributed by atoms with Crippen LogP contribution in [-0.2, 0) is 6.54 Å². The summed E-state index contributed by atoms with van der Waals surface area (Å²) in [4.78, 5) is 4.80. The van der Waals surface area contributed by atoms with Crippen LogP contribution in [-0.4, -0.2) is 16.7 Å². The van der Waals surface area contributed by atoms with Crippen molar-refractivity contribution in [2.45, 2.75) is 6.54 Å². The number of para-hydroxylation sites is 2. The fourth-order valence-electron chi connectivity index (χ4n) is 3.16. The minimum absolute atomic E-state index is 0.762. The molecule has 0 atom stereocenters. The van der Waals surface area contributed by atoms with Crippen LogP contribution in [0, 0.1) is 0 Å². The number of nitrogens with zero attached hydrogens (tertiary/aromatic N) is 2. The van der Waals surface area contributed by atoms with Gasteiger partial charge in [-0.05, 0) is 41.5 Å². The van der Waals surface area contributed by atoms with Crippen LogP contribution >= 0.6 is 0 Å². The zero-order valence-electron chi connectivity index (χ0n) is 15.8. The Hall–Kier alpha value is -3.59. The van der Waals surface area contributed by atoms with Crippen molar-refractivity contribution in [2.75, 3.05) is 7.11 Å². The fourth-order valence-corrected chi connectivity index (χ4v) is 3.16. The third kappa shape index (κ3) is 4.04. The second kappa shape index (κ2) is 8.40. The molecule has 1 heterocycles. The first-order valence-electron chi connectivity index (χ1n) is 9.32. The van der Waals surface area contributed by atoms with Crippen molar-refractivity contribution in [3.63, 3.8) is 0 Å². The van der Waals surface area contributed by atoms with E-state index >= 15 is 0 Å². The zero-order valence-corrected chi connectivity index (χ0v) is 15.8. The number of imidazole rings is 1. The summed E-state index contributed by atoms with van der Waals surface area (Å²) in [6.45, 7) is 0.762. The average molecular weight is 366 g/mol. The Morgan fingerprint density at radius 1 is 0.786 bits per heavy atom. The second-order valence-electron chi connectivity index (χ2n) is 6.49. The summed E-state index contributed by atoms with van der Waals surface area (Å²) in [5, 5.41) is 0. The van der Waals surface area contributed by atoms with Crippen LogP contribution in [0.5, 0.6) is 5.75 Å². The maximum atomic E-state index is 5.22. The van der Waals surface area contributed by atoms with E-state index in [0.29, 0.717) is 0 Å². The van der Waals surface area contributed by atoms with Gasteiger partial charge in [-0.2, -0.15) is 0 Å². The molecule has 3 heteroatoms. The van der Waals surface area contributed by atoms with Crippen molar-refractivity contribution in [2.24, 2.45) is 0 Å². The molecule has 4 rings (SSSR count). The smallest absolute Gasteiger partial charge is 0.134 e. The lowest BCUT2D eigenvalue weighted by Crippen LogP contribution is -1.98. The van der Waals surface area contributed by atoms with Gasteiger partial charge < -0.3 is 9.30 Å². The van der Waals surface area contributed by atoms with Crippen LogP contribution in [0.3, 0.4) is 0 Å². The van der Waals surface area contributed by atoms with Gasteiger partial charge in [-0.25, -0.2) is 4.98 Å². The quantitative estimate of drug-likeness (QED) is 0.423. The average Bonchev–Trinajstić information content (AvgIpc) is 3.11. The number of allylic oxidation sites excluding steroid dienone is 1. The molecule has 0 aliphatic heterocycles. The van der Waals surface area contributed by atoms with Crippen molar-refractivity contribution in [3.05, 3.63) is 102 Å². The molecule has 3 aromatic carbocycles. The van der Waals surface area contributed by atoms with Crippen LogP contribution in [0.4, 0.5) is 0 Å². The molecule has 1 aromatic heterocycles. The van der Waals surface area contributed by atoms with Gasteiger partial charge in [0.15, 0.2) is 0 Å². The number of fused-ring (bicyclic) bond motifs is 1. The van der Waals surface area contributed by atoms with Crippen molar-refractivity contribution in [3.8, 4) is 5.75 Å². The van der Waals surface area contributed by atoms with E-state index in [1.165, 1.54) is 5.56 Å². The summed E-state index contributed by atoms with van der Waals surface area (Å²) in [5.74, 6) is 1.80. The van der Waals surface area contributed by atoms with E-state index in [2.05, 4.69) is 71.3 Å². The normalized spacial score (nSPS) is 11.6. The molecular formula is C25H22N2O. The van der Waals surface area contributed by atoms with Gasteiger partial charge in [-0.1, -0.05) is 72.8 Å². The number of ether oxygens (including phenoxy) is 1. The summed E-state index contributed by atoms with van der Waals surface area (Å²) < 4.78 is 7.45. The Bertz CT molecular complexity index is 1110. The predicted molar refractivity (Wildman–Crippen MR) is 117 cm³/mol. The van der Waals surface area contributed by atoms with Crippen molar-refractivity contribution in [1.82, 2.24) is 9.55 Å². The van der Waals surface area contributed by atoms with Gasteiger partial charge in [0.2, 0.25) is 0 Å². The molecule has 0 unspecified atom stereocenters. The van der Waals surface area contributed by atoms with E-state index < -0.39 is 0 Å². The highest BCUT2D eigenvalue weighted by Gasteiger charge is 2.06. The number of hydrogen-bond donors (Lipinski definition) is 0. The Kier molecular flexibility index (Phi) is 5.34. The summed E-state index contributed by atoms with van der Waals surface area (Å²) in [6, 6.07) is 26.6. The van der Waals surface area contributed by atoms with E-state index in [4.69, 9.17) is 9.72 Å². The predicted octanol–water partition coefficient (Wildman–Crippen LogP) is 5.93. The molecular weight excluding hydrogens is 344 g/mol. The molecule has 0 radical (unpaired) electrons. The molecule has 0 bridgehead atoms.